The number of rotatable bonds is 2. The Balaban J connectivity index is 2.16. The molecule has 114 valence electrons. The van der Waals surface area contributed by atoms with Gasteiger partial charge in [-0.05, 0) is 38.5 Å². The first-order chi connectivity index (χ1) is 10.5. The van der Waals surface area contributed by atoms with Gasteiger partial charge in [0.25, 0.3) is 5.91 Å². The number of aryl methyl sites for hydroxylation is 3. The first-order valence-electron chi connectivity index (χ1n) is 7.48. The normalized spacial score (nSPS) is 17.5. The molecule has 1 aliphatic rings. The molecular formula is C18H20N2O2. The summed E-state index contributed by atoms with van der Waals surface area (Å²) in [6, 6.07) is 5.70. The molecule has 0 saturated carbocycles. The predicted octanol–water partition coefficient (Wildman–Crippen LogP) is 2.53. The number of aliphatic hydroxyl groups is 1. The zero-order valence-corrected chi connectivity index (χ0v) is 13.1. The Hall–Kier alpha value is -2.20. The Morgan fingerprint density at radius 1 is 1.32 bits per heavy atom. The third-order valence-corrected chi connectivity index (χ3v) is 4.12. The number of carbonyl (C=O) groups is 1. The van der Waals surface area contributed by atoms with Crippen LogP contribution in [0.25, 0.3) is 10.9 Å². The van der Waals surface area contributed by atoms with Gasteiger partial charge in [0.05, 0.1) is 23.7 Å². The van der Waals surface area contributed by atoms with Gasteiger partial charge in [-0.15, -0.1) is 0 Å². The largest absolute Gasteiger partial charge is 0.394 e. The van der Waals surface area contributed by atoms with Gasteiger partial charge in [-0.3, -0.25) is 9.78 Å². The number of nitrogens with zero attached hydrogens (tertiary/aromatic N) is 2. The Labute approximate surface area is 130 Å². The number of pyridine rings is 1. The van der Waals surface area contributed by atoms with E-state index in [4.69, 9.17) is 0 Å². The maximum atomic E-state index is 13.0. The van der Waals surface area contributed by atoms with Crippen LogP contribution in [-0.2, 0) is 0 Å². The van der Waals surface area contributed by atoms with Gasteiger partial charge in [-0.2, -0.15) is 0 Å². The highest BCUT2D eigenvalue weighted by Gasteiger charge is 2.26. The molecule has 0 fully saturated rings. The molecule has 1 aromatic heterocycles. The molecule has 1 aliphatic heterocycles. The van der Waals surface area contributed by atoms with Gasteiger partial charge in [0.2, 0.25) is 0 Å². The van der Waals surface area contributed by atoms with Crippen LogP contribution in [0, 0.1) is 20.8 Å². The first-order valence-corrected chi connectivity index (χ1v) is 7.48. The van der Waals surface area contributed by atoms with Crippen molar-refractivity contribution in [3.05, 3.63) is 52.7 Å². The minimum atomic E-state index is -0.234. The van der Waals surface area contributed by atoms with Crippen LogP contribution in [0.15, 0.2) is 30.4 Å². The first kappa shape index (κ1) is 14.7. The second kappa shape index (κ2) is 5.54. The standard InChI is InChI=1S/C18H20N2O2/c1-11-7-12(2)17-15(8-11)16(9-13(3)19-17)18(22)20-6-4-5-14(20)10-21/h4-5,7-9,14,21H,6,10H2,1-3H3/t14-/m0/s1. The molecule has 4 nitrogen and oxygen atoms in total. The minimum Gasteiger partial charge on any atom is -0.394 e. The fourth-order valence-corrected chi connectivity index (χ4v) is 3.10. The van der Waals surface area contributed by atoms with E-state index in [2.05, 4.69) is 11.1 Å². The fourth-order valence-electron chi connectivity index (χ4n) is 3.10. The lowest BCUT2D eigenvalue weighted by molar-refractivity contribution is 0.0702. The van der Waals surface area contributed by atoms with Crippen molar-refractivity contribution in [2.24, 2.45) is 0 Å². The van der Waals surface area contributed by atoms with Crippen LogP contribution >= 0.6 is 0 Å². The van der Waals surface area contributed by atoms with Gasteiger partial charge in [0, 0.05) is 17.6 Å². The van der Waals surface area contributed by atoms with Gasteiger partial charge in [0.15, 0.2) is 0 Å². The van der Waals surface area contributed by atoms with Crippen molar-refractivity contribution in [3.8, 4) is 0 Å². The molecule has 0 unspecified atom stereocenters. The Bertz CT molecular complexity index is 780. The summed E-state index contributed by atoms with van der Waals surface area (Å²) in [6.07, 6.45) is 3.80. The third-order valence-electron chi connectivity index (χ3n) is 4.12. The highest BCUT2D eigenvalue weighted by atomic mass is 16.3. The van der Waals surface area contributed by atoms with E-state index in [-0.39, 0.29) is 18.6 Å². The maximum absolute atomic E-state index is 13.0. The predicted molar refractivity (Wildman–Crippen MR) is 87.0 cm³/mol. The smallest absolute Gasteiger partial charge is 0.255 e. The van der Waals surface area contributed by atoms with Crippen LogP contribution in [0.2, 0.25) is 0 Å². The highest BCUT2D eigenvalue weighted by molar-refractivity contribution is 6.07. The topological polar surface area (TPSA) is 53.4 Å². The van der Waals surface area contributed by atoms with Crippen LogP contribution in [0.4, 0.5) is 0 Å². The summed E-state index contributed by atoms with van der Waals surface area (Å²) in [5.41, 5.74) is 4.56. The van der Waals surface area contributed by atoms with Crippen molar-refractivity contribution in [1.29, 1.82) is 0 Å². The summed E-state index contributed by atoms with van der Waals surface area (Å²) in [7, 11) is 0. The van der Waals surface area contributed by atoms with E-state index in [9.17, 15) is 9.90 Å². The van der Waals surface area contributed by atoms with Crippen molar-refractivity contribution in [2.75, 3.05) is 13.2 Å². The van der Waals surface area contributed by atoms with Crippen LogP contribution in [-0.4, -0.2) is 40.1 Å². The van der Waals surface area contributed by atoms with Crippen molar-refractivity contribution in [3.63, 3.8) is 0 Å². The Morgan fingerprint density at radius 2 is 2.09 bits per heavy atom. The number of aromatic nitrogens is 1. The monoisotopic (exact) mass is 296 g/mol. The van der Waals surface area contributed by atoms with E-state index in [1.165, 1.54) is 0 Å². The van der Waals surface area contributed by atoms with Gasteiger partial charge < -0.3 is 10.0 Å². The van der Waals surface area contributed by atoms with Crippen LogP contribution in [0.5, 0.6) is 0 Å². The van der Waals surface area contributed by atoms with E-state index in [1.54, 1.807) is 4.90 Å². The minimum absolute atomic E-state index is 0.0513. The number of amides is 1. The summed E-state index contributed by atoms with van der Waals surface area (Å²) in [6.45, 7) is 6.43. The number of aliphatic hydroxyl groups excluding tert-OH is 1. The molecule has 2 heterocycles. The molecule has 0 bridgehead atoms. The van der Waals surface area contributed by atoms with Crippen LogP contribution in [0.1, 0.15) is 27.2 Å². The zero-order chi connectivity index (χ0) is 15.9. The summed E-state index contributed by atoms with van der Waals surface area (Å²) in [5.74, 6) is -0.0513. The highest BCUT2D eigenvalue weighted by Crippen LogP contribution is 2.26. The van der Waals surface area contributed by atoms with Crippen molar-refractivity contribution >= 4 is 16.8 Å². The molecule has 0 aliphatic carbocycles. The van der Waals surface area contributed by atoms with Gasteiger partial charge in [-0.1, -0.05) is 23.8 Å². The molecule has 1 aromatic carbocycles. The lowest BCUT2D eigenvalue weighted by Crippen LogP contribution is -2.38. The molecule has 2 aromatic rings. The lowest BCUT2D eigenvalue weighted by atomic mass is 10.0. The average molecular weight is 296 g/mol. The number of benzene rings is 1. The molecule has 0 radical (unpaired) electrons. The van der Waals surface area contributed by atoms with Crippen LogP contribution in [0.3, 0.4) is 0 Å². The number of hydrogen-bond acceptors (Lipinski definition) is 3. The molecule has 22 heavy (non-hydrogen) atoms. The van der Waals surface area contributed by atoms with E-state index in [0.29, 0.717) is 12.1 Å². The Morgan fingerprint density at radius 3 is 2.82 bits per heavy atom. The SMILES string of the molecule is Cc1cc(C)c2nc(C)cc(C(=O)N3CC=C[C@H]3CO)c2c1. The van der Waals surface area contributed by atoms with Gasteiger partial charge >= 0.3 is 0 Å². The average Bonchev–Trinajstić information content (AvgIpc) is 2.95. The quantitative estimate of drug-likeness (QED) is 0.866. The third kappa shape index (κ3) is 2.40. The zero-order valence-electron chi connectivity index (χ0n) is 13.1. The molecule has 0 saturated heterocycles. The second-order valence-corrected chi connectivity index (χ2v) is 5.92. The number of hydrogen-bond donors (Lipinski definition) is 1. The van der Waals surface area contributed by atoms with Crippen molar-refractivity contribution in [1.82, 2.24) is 9.88 Å². The summed E-state index contributed by atoms with van der Waals surface area (Å²) in [5, 5.41) is 10.3. The molecule has 1 atom stereocenters. The van der Waals surface area contributed by atoms with Crippen molar-refractivity contribution < 1.29 is 9.90 Å². The van der Waals surface area contributed by atoms with Crippen LogP contribution < -0.4 is 0 Å². The summed E-state index contributed by atoms with van der Waals surface area (Å²) < 4.78 is 0. The van der Waals surface area contributed by atoms with Crippen molar-refractivity contribution in [2.45, 2.75) is 26.8 Å². The van der Waals surface area contributed by atoms with E-state index >= 15 is 0 Å². The molecular weight excluding hydrogens is 276 g/mol. The van der Waals surface area contributed by atoms with Gasteiger partial charge in [0.1, 0.15) is 0 Å². The maximum Gasteiger partial charge on any atom is 0.255 e. The second-order valence-electron chi connectivity index (χ2n) is 5.92. The number of carbonyl (C=O) groups excluding carboxylic acids is 1. The molecule has 1 amide bonds. The lowest BCUT2D eigenvalue weighted by Gasteiger charge is -2.24. The molecule has 1 N–H and O–H groups in total. The Kier molecular flexibility index (Phi) is 3.71. The number of fused-ring (bicyclic) bond motifs is 1. The van der Waals surface area contributed by atoms with E-state index < -0.39 is 0 Å². The molecule has 4 heteroatoms. The molecule has 3 rings (SSSR count). The van der Waals surface area contributed by atoms with E-state index in [0.717, 1.165) is 27.7 Å². The van der Waals surface area contributed by atoms with Gasteiger partial charge in [-0.25, -0.2) is 0 Å². The fraction of sp³-hybridized carbons (Fsp3) is 0.333. The summed E-state index contributed by atoms with van der Waals surface area (Å²) >= 11 is 0. The van der Waals surface area contributed by atoms with E-state index in [1.807, 2.05) is 45.1 Å². The molecule has 0 spiro atoms. The summed E-state index contributed by atoms with van der Waals surface area (Å²) in [4.78, 5) is 19.2.